The molecule has 0 aliphatic heterocycles. The Morgan fingerprint density at radius 2 is 0.978 bits per heavy atom. The van der Waals surface area contributed by atoms with Crippen molar-refractivity contribution >= 4 is 33.5 Å². The zero-order chi connectivity index (χ0) is 33.0. The van der Waals surface area contributed by atoms with Gasteiger partial charge in [0.2, 0.25) is 0 Å². The summed E-state index contributed by atoms with van der Waals surface area (Å²) < 4.78 is 35.8. The lowest BCUT2D eigenvalue weighted by Gasteiger charge is -2.23. The Hall–Kier alpha value is -3.88. The molecule has 0 radical (unpaired) electrons. The maximum atomic E-state index is 12.6. The molecule has 250 valence electrons. The summed E-state index contributed by atoms with van der Waals surface area (Å²) in [4.78, 5) is 25.1. The molecule has 0 fully saturated rings. The summed E-state index contributed by atoms with van der Waals surface area (Å²) >= 11 is 0. The summed E-state index contributed by atoms with van der Waals surface area (Å²) in [5.74, 6) is 0.783. The second-order valence-corrected chi connectivity index (χ2v) is 11.2. The van der Waals surface area contributed by atoms with Crippen molar-refractivity contribution in [3.63, 3.8) is 0 Å². The molecule has 0 aromatic heterocycles. The molecule has 0 aliphatic carbocycles. The largest absolute Gasteiger partial charge is 0.488 e. The fourth-order valence-electron chi connectivity index (χ4n) is 5.04. The Morgan fingerprint density at radius 3 is 1.30 bits per heavy atom. The first-order chi connectivity index (χ1) is 22.5. The molecule has 8 heteroatoms. The van der Waals surface area contributed by atoms with E-state index in [0.717, 1.165) is 60.1 Å². The standard InChI is InChI=1S/C38H50O8/c1-5-9-11-21-35(39)45-29(25-41-23-7-3)27-43-37-31-17-13-15-19-33(31)38(34-20-16-14-18-32(34)37)44-28-30(26-42-24-8-4)46-36(40)22-12-10-6-2/h7-8,13-20,29-30H,3-6,9-12,21-28H2,1-2H3. The molecule has 46 heavy (non-hydrogen) atoms. The normalized spacial score (nSPS) is 12.4. The third kappa shape index (κ3) is 11.8. The van der Waals surface area contributed by atoms with Gasteiger partial charge in [-0.1, -0.05) is 100 Å². The average Bonchev–Trinajstić information content (AvgIpc) is 3.06. The predicted octanol–water partition coefficient (Wildman–Crippen LogP) is 8.14. The van der Waals surface area contributed by atoms with Crippen LogP contribution in [0.4, 0.5) is 0 Å². The minimum Gasteiger partial charge on any atom is -0.488 e. The Morgan fingerprint density at radius 1 is 0.609 bits per heavy atom. The van der Waals surface area contributed by atoms with Gasteiger partial charge in [-0.3, -0.25) is 9.59 Å². The van der Waals surface area contributed by atoms with E-state index in [2.05, 4.69) is 27.0 Å². The van der Waals surface area contributed by atoms with Crippen molar-refractivity contribution in [2.45, 2.75) is 77.4 Å². The maximum absolute atomic E-state index is 12.6. The van der Waals surface area contributed by atoms with Gasteiger partial charge in [0.15, 0.2) is 12.2 Å². The molecule has 0 bridgehead atoms. The van der Waals surface area contributed by atoms with E-state index in [0.29, 0.717) is 37.6 Å². The zero-order valence-corrected chi connectivity index (χ0v) is 27.5. The number of hydrogen-bond donors (Lipinski definition) is 0. The fraction of sp³-hybridized carbons (Fsp3) is 0.474. The number of esters is 2. The number of hydrogen-bond acceptors (Lipinski definition) is 8. The van der Waals surface area contributed by atoms with Gasteiger partial charge in [0.25, 0.3) is 0 Å². The van der Waals surface area contributed by atoms with E-state index >= 15 is 0 Å². The number of rotatable bonds is 24. The van der Waals surface area contributed by atoms with Gasteiger partial charge in [0.05, 0.1) is 26.4 Å². The van der Waals surface area contributed by atoms with Crippen molar-refractivity contribution in [3.8, 4) is 11.5 Å². The third-order valence-electron chi connectivity index (χ3n) is 7.30. The minimum absolute atomic E-state index is 0.113. The van der Waals surface area contributed by atoms with Gasteiger partial charge in [-0.15, -0.1) is 13.2 Å². The summed E-state index contributed by atoms with van der Waals surface area (Å²) in [6, 6.07) is 15.7. The van der Waals surface area contributed by atoms with Gasteiger partial charge in [-0.2, -0.15) is 0 Å². The number of benzene rings is 3. The van der Waals surface area contributed by atoms with Crippen LogP contribution in [0, 0.1) is 0 Å². The van der Waals surface area contributed by atoms with E-state index in [9.17, 15) is 9.59 Å². The van der Waals surface area contributed by atoms with E-state index in [1.807, 2.05) is 48.5 Å². The molecule has 0 amide bonds. The molecule has 0 aliphatic rings. The molecule has 2 atom stereocenters. The Labute approximate surface area is 273 Å². The topological polar surface area (TPSA) is 89.5 Å². The average molecular weight is 635 g/mol. The summed E-state index contributed by atoms with van der Waals surface area (Å²) in [7, 11) is 0. The molecule has 0 N–H and O–H groups in total. The van der Waals surface area contributed by atoms with E-state index < -0.39 is 12.2 Å². The van der Waals surface area contributed by atoms with Gasteiger partial charge in [-0.25, -0.2) is 0 Å². The highest BCUT2D eigenvalue weighted by molar-refractivity contribution is 6.11. The highest BCUT2D eigenvalue weighted by Crippen LogP contribution is 2.42. The maximum Gasteiger partial charge on any atom is 0.306 e. The van der Waals surface area contributed by atoms with Crippen LogP contribution in [0.1, 0.15) is 65.2 Å². The SMILES string of the molecule is C=CCOCC(COc1c2ccccc2c(OCC(COCC=C)OC(=O)CCCCC)c2ccccc12)OC(=O)CCCCC. The summed E-state index contributed by atoms with van der Waals surface area (Å²) in [6.07, 6.45) is 8.41. The summed E-state index contributed by atoms with van der Waals surface area (Å²) in [5.41, 5.74) is 0. The molecular formula is C38H50O8. The van der Waals surface area contributed by atoms with Gasteiger partial charge in [-0.05, 0) is 12.8 Å². The van der Waals surface area contributed by atoms with Crippen molar-refractivity contribution in [1.82, 2.24) is 0 Å². The van der Waals surface area contributed by atoms with Crippen LogP contribution in [0.3, 0.4) is 0 Å². The number of carbonyl (C=O) groups is 2. The van der Waals surface area contributed by atoms with Crippen LogP contribution in [-0.4, -0.2) is 63.8 Å². The molecule has 0 heterocycles. The molecule has 0 saturated carbocycles. The number of ether oxygens (including phenoxy) is 6. The highest BCUT2D eigenvalue weighted by Gasteiger charge is 2.22. The number of unbranched alkanes of at least 4 members (excludes halogenated alkanes) is 4. The van der Waals surface area contributed by atoms with Crippen molar-refractivity contribution in [2.75, 3.05) is 39.6 Å². The smallest absolute Gasteiger partial charge is 0.306 e. The van der Waals surface area contributed by atoms with Crippen molar-refractivity contribution in [2.24, 2.45) is 0 Å². The second-order valence-electron chi connectivity index (χ2n) is 11.2. The Kier molecular flexibility index (Phi) is 16.7. The second kappa shape index (κ2) is 21.0. The predicted molar refractivity (Wildman–Crippen MR) is 183 cm³/mol. The van der Waals surface area contributed by atoms with E-state index in [4.69, 9.17) is 28.4 Å². The lowest BCUT2D eigenvalue weighted by Crippen LogP contribution is -2.30. The van der Waals surface area contributed by atoms with E-state index in [1.54, 1.807) is 12.2 Å². The molecule has 8 nitrogen and oxygen atoms in total. The fourth-order valence-corrected chi connectivity index (χ4v) is 5.04. The number of fused-ring (bicyclic) bond motifs is 2. The zero-order valence-electron chi connectivity index (χ0n) is 27.5. The molecule has 3 aromatic carbocycles. The van der Waals surface area contributed by atoms with Gasteiger partial charge in [0, 0.05) is 34.4 Å². The van der Waals surface area contributed by atoms with Crippen molar-refractivity contribution < 1.29 is 38.0 Å². The van der Waals surface area contributed by atoms with E-state index in [1.165, 1.54) is 0 Å². The molecule has 0 saturated heterocycles. The lowest BCUT2D eigenvalue weighted by atomic mass is 10.0. The first kappa shape index (κ1) is 36.6. The highest BCUT2D eigenvalue weighted by atomic mass is 16.6. The molecule has 0 spiro atoms. The van der Waals surface area contributed by atoms with Crippen LogP contribution < -0.4 is 9.47 Å². The first-order valence-corrected chi connectivity index (χ1v) is 16.5. The molecular weight excluding hydrogens is 584 g/mol. The third-order valence-corrected chi connectivity index (χ3v) is 7.30. The summed E-state index contributed by atoms with van der Waals surface area (Å²) in [6.45, 7) is 12.9. The Bertz CT molecular complexity index is 1220. The van der Waals surface area contributed by atoms with Crippen LogP contribution in [0.5, 0.6) is 11.5 Å². The van der Waals surface area contributed by atoms with Crippen LogP contribution in [0.2, 0.25) is 0 Å². The van der Waals surface area contributed by atoms with Gasteiger partial charge >= 0.3 is 11.9 Å². The quantitative estimate of drug-likeness (QED) is 0.0422. The van der Waals surface area contributed by atoms with Gasteiger partial charge < -0.3 is 28.4 Å². The monoisotopic (exact) mass is 634 g/mol. The molecule has 3 rings (SSSR count). The van der Waals surface area contributed by atoms with Gasteiger partial charge in [0.1, 0.15) is 24.7 Å². The Balaban J connectivity index is 1.87. The van der Waals surface area contributed by atoms with E-state index in [-0.39, 0.29) is 38.4 Å². The van der Waals surface area contributed by atoms with Crippen LogP contribution in [-0.2, 0) is 28.5 Å². The molecule has 3 aromatic rings. The van der Waals surface area contributed by atoms with Crippen LogP contribution in [0.15, 0.2) is 73.8 Å². The van der Waals surface area contributed by atoms with Crippen LogP contribution >= 0.6 is 0 Å². The minimum atomic E-state index is -0.592. The molecule has 2 unspecified atom stereocenters. The number of carbonyl (C=O) groups excluding carboxylic acids is 2. The van der Waals surface area contributed by atoms with Crippen molar-refractivity contribution in [3.05, 3.63) is 73.8 Å². The van der Waals surface area contributed by atoms with Crippen molar-refractivity contribution in [1.29, 1.82) is 0 Å². The summed E-state index contributed by atoms with van der Waals surface area (Å²) in [5, 5.41) is 3.36. The van der Waals surface area contributed by atoms with Crippen LogP contribution in [0.25, 0.3) is 21.5 Å². The first-order valence-electron chi connectivity index (χ1n) is 16.5. The lowest BCUT2D eigenvalue weighted by molar-refractivity contribution is -0.154.